The average molecular weight is 222 g/mol. The number of methoxy groups -OCH3 is 1. The van der Waals surface area contributed by atoms with Crippen LogP contribution in [0.3, 0.4) is 0 Å². The van der Waals surface area contributed by atoms with E-state index in [2.05, 4.69) is 0 Å². The summed E-state index contributed by atoms with van der Waals surface area (Å²) in [5.41, 5.74) is 6.05. The molecule has 0 radical (unpaired) electrons. The number of likely N-dealkylation sites (N-methyl/N-ethyl adjacent to an activating group) is 1. The van der Waals surface area contributed by atoms with Gasteiger partial charge in [0.05, 0.1) is 12.7 Å². The van der Waals surface area contributed by atoms with E-state index in [-0.39, 0.29) is 5.91 Å². The molecule has 1 rings (SSSR count). The Morgan fingerprint density at radius 2 is 2.12 bits per heavy atom. The number of hydrogen-bond acceptors (Lipinski definition) is 3. The molecule has 0 heterocycles. The van der Waals surface area contributed by atoms with Crippen LogP contribution in [0.2, 0.25) is 0 Å². The molecule has 1 aromatic rings. The molecule has 0 aliphatic heterocycles. The molecule has 2 N–H and O–H groups in total. The molecule has 0 saturated heterocycles. The summed E-state index contributed by atoms with van der Waals surface area (Å²) in [6.45, 7) is 3.61. The number of para-hydroxylation sites is 1. The van der Waals surface area contributed by atoms with Crippen molar-refractivity contribution in [3.63, 3.8) is 0 Å². The lowest BCUT2D eigenvalue weighted by Gasteiger charge is -2.20. The molecule has 0 fully saturated rings. The number of hydrogen-bond donors (Lipinski definition) is 1. The molecule has 0 saturated carbocycles. The third-order valence-corrected chi connectivity index (χ3v) is 2.41. The Labute approximate surface area is 96.0 Å². The van der Waals surface area contributed by atoms with Gasteiger partial charge in [0.2, 0.25) is 0 Å². The van der Waals surface area contributed by atoms with Crippen LogP contribution in [0.4, 0.5) is 0 Å². The Morgan fingerprint density at radius 3 is 2.69 bits per heavy atom. The quantitative estimate of drug-likeness (QED) is 0.812. The average Bonchev–Trinajstić information content (AvgIpc) is 2.35. The van der Waals surface area contributed by atoms with Crippen molar-refractivity contribution in [1.82, 2.24) is 4.90 Å². The summed E-state index contributed by atoms with van der Waals surface area (Å²) in [7, 11) is 1.56. The van der Waals surface area contributed by atoms with E-state index < -0.39 is 0 Å². The molecule has 0 aliphatic carbocycles. The van der Waals surface area contributed by atoms with Gasteiger partial charge in [0.25, 0.3) is 5.91 Å². The van der Waals surface area contributed by atoms with E-state index in [1.807, 2.05) is 19.1 Å². The van der Waals surface area contributed by atoms with Gasteiger partial charge in [0.1, 0.15) is 5.75 Å². The zero-order chi connectivity index (χ0) is 12.0. The van der Waals surface area contributed by atoms with Crippen molar-refractivity contribution < 1.29 is 9.53 Å². The summed E-state index contributed by atoms with van der Waals surface area (Å²) in [4.78, 5) is 13.8. The highest BCUT2D eigenvalue weighted by Crippen LogP contribution is 2.18. The van der Waals surface area contributed by atoms with Crippen molar-refractivity contribution in [3.05, 3.63) is 29.8 Å². The van der Waals surface area contributed by atoms with Crippen LogP contribution in [-0.2, 0) is 0 Å². The number of amides is 1. The van der Waals surface area contributed by atoms with Crippen LogP contribution in [0.5, 0.6) is 5.75 Å². The third kappa shape index (κ3) is 2.73. The van der Waals surface area contributed by atoms with Crippen LogP contribution in [0.1, 0.15) is 17.3 Å². The second-order valence-corrected chi connectivity index (χ2v) is 3.37. The smallest absolute Gasteiger partial charge is 0.257 e. The first kappa shape index (κ1) is 12.5. The first-order valence-corrected chi connectivity index (χ1v) is 5.37. The van der Waals surface area contributed by atoms with Gasteiger partial charge in [-0.05, 0) is 19.1 Å². The molecule has 0 aliphatic rings. The van der Waals surface area contributed by atoms with Gasteiger partial charge in [-0.25, -0.2) is 0 Å². The normalized spacial score (nSPS) is 9.94. The summed E-state index contributed by atoms with van der Waals surface area (Å²) in [5, 5.41) is 0. The first-order valence-electron chi connectivity index (χ1n) is 5.37. The molecule has 16 heavy (non-hydrogen) atoms. The van der Waals surface area contributed by atoms with E-state index in [1.165, 1.54) is 0 Å². The van der Waals surface area contributed by atoms with Gasteiger partial charge >= 0.3 is 0 Å². The molecule has 0 spiro atoms. The number of nitrogens with two attached hydrogens (primary N) is 1. The number of carbonyl (C=O) groups excluding carboxylic acids is 1. The predicted octanol–water partition coefficient (Wildman–Crippen LogP) is 1.12. The van der Waals surface area contributed by atoms with E-state index in [1.54, 1.807) is 24.1 Å². The Hall–Kier alpha value is -1.55. The molecule has 88 valence electrons. The molecule has 4 nitrogen and oxygen atoms in total. The molecular weight excluding hydrogens is 204 g/mol. The van der Waals surface area contributed by atoms with Gasteiger partial charge in [0, 0.05) is 19.6 Å². The van der Waals surface area contributed by atoms with Gasteiger partial charge in [-0.1, -0.05) is 12.1 Å². The fourth-order valence-corrected chi connectivity index (χ4v) is 1.55. The van der Waals surface area contributed by atoms with Crippen molar-refractivity contribution in [1.29, 1.82) is 0 Å². The fraction of sp³-hybridized carbons (Fsp3) is 0.417. The van der Waals surface area contributed by atoms with Crippen molar-refractivity contribution in [2.75, 3.05) is 26.7 Å². The monoisotopic (exact) mass is 222 g/mol. The van der Waals surface area contributed by atoms with E-state index in [4.69, 9.17) is 10.5 Å². The van der Waals surface area contributed by atoms with Gasteiger partial charge in [0.15, 0.2) is 0 Å². The summed E-state index contributed by atoms with van der Waals surface area (Å²) in [6.07, 6.45) is 0. The number of rotatable bonds is 5. The van der Waals surface area contributed by atoms with Gasteiger partial charge in [-0.15, -0.1) is 0 Å². The van der Waals surface area contributed by atoms with Crippen LogP contribution in [0, 0.1) is 0 Å². The predicted molar refractivity (Wildman–Crippen MR) is 63.6 cm³/mol. The van der Waals surface area contributed by atoms with Gasteiger partial charge in [-0.2, -0.15) is 0 Å². The Balaban J connectivity index is 2.93. The van der Waals surface area contributed by atoms with Crippen LogP contribution < -0.4 is 10.5 Å². The lowest BCUT2D eigenvalue weighted by molar-refractivity contribution is 0.0765. The largest absolute Gasteiger partial charge is 0.496 e. The zero-order valence-electron chi connectivity index (χ0n) is 9.77. The molecule has 0 atom stereocenters. The molecule has 0 aromatic heterocycles. The molecule has 0 unspecified atom stereocenters. The van der Waals surface area contributed by atoms with Crippen LogP contribution in [0.25, 0.3) is 0 Å². The summed E-state index contributed by atoms with van der Waals surface area (Å²) in [6, 6.07) is 7.21. The van der Waals surface area contributed by atoms with E-state index in [0.717, 1.165) is 0 Å². The lowest BCUT2D eigenvalue weighted by Crippen LogP contribution is -2.35. The number of carbonyl (C=O) groups is 1. The van der Waals surface area contributed by atoms with Crippen molar-refractivity contribution in [2.45, 2.75) is 6.92 Å². The van der Waals surface area contributed by atoms with Crippen molar-refractivity contribution in [3.8, 4) is 5.75 Å². The minimum absolute atomic E-state index is 0.0367. The zero-order valence-corrected chi connectivity index (χ0v) is 9.77. The van der Waals surface area contributed by atoms with E-state index >= 15 is 0 Å². The van der Waals surface area contributed by atoms with Crippen LogP contribution in [-0.4, -0.2) is 37.6 Å². The minimum atomic E-state index is -0.0367. The first-order chi connectivity index (χ1) is 7.74. The Morgan fingerprint density at radius 1 is 1.44 bits per heavy atom. The SMILES string of the molecule is CCN(CCN)C(=O)c1ccccc1OC. The summed E-state index contributed by atoms with van der Waals surface area (Å²) in [5.74, 6) is 0.563. The molecule has 1 aromatic carbocycles. The Kier molecular flexibility index (Phi) is 4.79. The highest BCUT2D eigenvalue weighted by molar-refractivity contribution is 5.96. The Bertz CT molecular complexity index is 353. The topological polar surface area (TPSA) is 55.6 Å². The molecular formula is C12H18N2O2. The highest BCUT2D eigenvalue weighted by Gasteiger charge is 2.16. The maximum atomic E-state index is 12.1. The molecule has 1 amide bonds. The van der Waals surface area contributed by atoms with Crippen molar-refractivity contribution in [2.24, 2.45) is 5.73 Å². The maximum Gasteiger partial charge on any atom is 0.257 e. The lowest BCUT2D eigenvalue weighted by atomic mass is 10.1. The highest BCUT2D eigenvalue weighted by atomic mass is 16.5. The van der Waals surface area contributed by atoms with Crippen LogP contribution in [0.15, 0.2) is 24.3 Å². The van der Waals surface area contributed by atoms with Crippen LogP contribution >= 0.6 is 0 Å². The van der Waals surface area contributed by atoms with Gasteiger partial charge < -0.3 is 15.4 Å². The molecule has 0 bridgehead atoms. The summed E-state index contributed by atoms with van der Waals surface area (Å²) < 4.78 is 5.16. The van der Waals surface area contributed by atoms with E-state index in [0.29, 0.717) is 30.9 Å². The summed E-state index contributed by atoms with van der Waals surface area (Å²) >= 11 is 0. The second-order valence-electron chi connectivity index (χ2n) is 3.37. The van der Waals surface area contributed by atoms with Gasteiger partial charge in [-0.3, -0.25) is 4.79 Å². The number of ether oxygens (including phenoxy) is 1. The standard InChI is InChI=1S/C12H18N2O2/c1-3-14(9-8-13)12(15)10-6-4-5-7-11(10)16-2/h4-7H,3,8-9,13H2,1-2H3. The fourth-order valence-electron chi connectivity index (χ4n) is 1.55. The third-order valence-electron chi connectivity index (χ3n) is 2.41. The number of benzene rings is 1. The molecule has 4 heteroatoms. The maximum absolute atomic E-state index is 12.1. The van der Waals surface area contributed by atoms with E-state index in [9.17, 15) is 4.79 Å². The number of nitrogens with zero attached hydrogens (tertiary/aromatic N) is 1. The van der Waals surface area contributed by atoms with Crippen molar-refractivity contribution >= 4 is 5.91 Å². The minimum Gasteiger partial charge on any atom is -0.496 e. The second kappa shape index (κ2) is 6.12.